The first kappa shape index (κ1) is 10.8. The Morgan fingerprint density at radius 1 is 1.31 bits per heavy atom. The molecule has 0 spiro atoms. The number of rotatable bonds is 4. The van der Waals surface area contributed by atoms with E-state index in [-0.39, 0.29) is 5.82 Å². The molecule has 2 heterocycles. The highest BCUT2D eigenvalue weighted by molar-refractivity contribution is 5.08. The molecule has 2 rings (SSSR count). The SMILES string of the molecule is Cn1cccc1CNCc1ncccc1F. The zero-order chi connectivity index (χ0) is 11.4. The van der Waals surface area contributed by atoms with Crippen molar-refractivity contribution in [3.8, 4) is 0 Å². The largest absolute Gasteiger partial charge is 0.353 e. The van der Waals surface area contributed by atoms with Crippen molar-refractivity contribution in [3.05, 3.63) is 53.9 Å². The van der Waals surface area contributed by atoms with Crippen LogP contribution >= 0.6 is 0 Å². The van der Waals surface area contributed by atoms with Gasteiger partial charge >= 0.3 is 0 Å². The molecule has 0 aliphatic rings. The van der Waals surface area contributed by atoms with Crippen molar-refractivity contribution in [2.45, 2.75) is 13.1 Å². The Morgan fingerprint density at radius 3 is 2.88 bits per heavy atom. The summed E-state index contributed by atoms with van der Waals surface area (Å²) in [5.41, 5.74) is 1.62. The van der Waals surface area contributed by atoms with Gasteiger partial charge in [0.2, 0.25) is 0 Å². The molecule has 2 aromatic heterocycles. The second-order valence-electron chi connectivity index (χ2n) is 3.65. The molecule has 0 fully saturated rings. The van der Waals surface area contributed by atoms with E-state index in [9.17, 15) is 4.39 Å². The molecule has 0 aliphatic heterocycles. The predicted molar refractivity (Wildman–Crippen MR) is 60.2 cm³/mol. The van der Waals surface area contributed by atoms with E-state index in [4.69, 9.17) is 0 Å². The van der Waals surface area contributed by atoms with Crippen LogP contribution in [0.2, 0.25) is 0 Å². The second kappa shape index (κ2) is 4.90. The van der Waals surface area contributed by atoms with Crippen LogP contribution in [-0.2, 0) is 20.1 Å². The molecule has 1 N–H and O–H groups in total. The van der Waals surface area contributed by atoms with E-state index in [1.165, 1.54) is 6.07 Å². The van der Waals surface area contributed by atoms with Crippen molar-refractivity contribution in [1.82, 2.24) is 14.9 Å². The number of halogens is 1. The van der Waals surface area contributed by atoms with Gasteiger partial charge in [0.25, 0.3) is 0 Å². The van der Waals surface area contributed by atoms with Crippen molar-refractivity contribution in [2.24, 2.45) is 7.05 Å². The minimum absolute atomic E-state index is 0.262. The summed E-state index contributed by atoms with van der Waals surface area (Å²) in [6.07, 6.45) is 3.58. The molecular weight excluding hydrogens is 205 g/mol. The van der Waals surface area contributed by atoms with Gasteiger partial charge in [0.1, 0.15) is 5.82 Å². The van der Waals surface area contributed by atoms with Gasteiger partial charge in [-0.2, -0.15) is 0 Å². The number of nitrogens with one attached hydrogen (secondary N) is 1. The summed E-state index contributed by atoms with van der Waals surface area (Å²) in [6, 6.07) is 7.03. The van der Waals surface area contributed by atoms with Crippen molar-refractivity contribution >= 4 is 0 Å². The fourth-order valence-electron chi connectivity index (χ4n) is 1.54. The number of hydrogen-bond donors (Lipinski definition) is 1. The maximum atomic E-state index is 13.2. The molecule has 0 radical (unpaired) electrons. The number of hydrogen-bond acceptors (Lipinski definition) is 2. The molecule has 0 unspecified atom stereocenters. The van der Waals surface area contributed by atoms with Crippen molar-refractivity contribution in [2.75, 3.05) is 0 Å². The molecule has 0 saturated carbocycles. The van der Waals surface area contributed by atoms with Gasteiger partial charge in [0.05, 0.1) is 5.69 Å². The van der Waals surface area contributed by atoms with Gasteiger partial charge in [0, 0.05) is 38.2 Å². The van der Waals surface area contributed by atoms with Crippen LogP contribution < -0.4 is 5.32 Å². The Labute approximate surface area is 93.9 Å². The first-order valence-electron chi connectivity index (χ1n) is 5.17. The minimum atomic E-state index is -0.262. The van der Waals surface area contributed by atoms with Crippen LogP contribution in [-0.4, -0.2) is 9.55 Å². The first-order valence-corrected chi connectivity index (χ1v) is 5.17. The van der Waals surface area contributed by atoms with Gasteiger partial charge in [-0.3, -0.25) is 4.98 Å². The molecule has 0 aromatic carbocycles. The normalized spacial score (nSPS) is 10.6. The fraction of sp³-hybridized carbons (Fsp3) is 0.250. The summed E-state index contributed by atoms with van der Waals surface area (Å²) in [4.78, 5) is 3.98. The van der Waals surface area contributed by atoms with Crippen LogP contribution in [0.4, 0.5) is 4.39 Å². The van der Waals surface area contributed by atoms with Gasteiger partial charge in [-0.05, 0) is 24.3 Å². The van der Waals surface area contributed by atoms with Crippen molar-refractivity contribution in [3.63, 3.8) is 0 Å². The Kier molecular flexibility index (Phi) is 3.31. The van der Waals surface area contributed by atoms with E-state index < -0.39 is 0 Å². The summed E-state index contributed by atoms with van der Waals surface area (Å²) in [5, 5.41) is 3.16. The van der Waals surface area contributed by atoms with Gasteiger partial charge in [-0.15, -0.1) is 0 Å². The van der Waals surface area contributed by atoms with Gasteiger partial charge < -0.3 is 9.88 Å². The molecule has 0 aliphatic carbocycles. The highest BCUT2D eigenvalue weighted by Crippen LogP contribution is 2.03. The van der Waals surface area contributed by atoms with E-state index in [0.717, 1.165) is 5.69 Å². The zero-order valence-electron chi connectivity index (χ0n) is 9.15. The summed E-state index contributed by atoms with van der Waals surface area (Å²) in [5.74, 6) is -0.262. The molecule has 16 heavy (non-hydrogen) atoms. The summed E-state index contributed by atoms with van der Waals surface area (Å²) in [6.45, 7) is 1.15. The van der Waals surface area contributed by atoms with Crippen LogP contribution in [0, 0.1) is 5.82 Å². The van der Waals surface area contributed by atoms with Gasteiger partial charge in [-0.25, -0.2) is 4.39 Å². The molecule has 3 nitrogen and oxygen atoms in total. The van der Waals surface area contributed by atoms with Gasteiger partial charge in [-0.1, -0.05) is 0 Å². The number of aryl methyl sites for hydroxylation is 1. The predicted octanol–water partition coefficient (Wildman–Crippen LogP) is 1.85. The second-order valence-corrected chi connectivity index (χ2v) is 3.65. The molecule has 0 saturated heterocycles. The van der Waals surface area contributed by atoms with Crippen LogP contribution in [0.1, 0.15) is 11.4 Å². The lowest BCUT2D eigenvalue weighted by atomic mass is 10.3. The number of pyridine rings is 1. The van der Waals surface area contributed by atoms with E-state index in [1.807, 2.05) is 29.9 Å². The molecule has 84 valence electrons. The van der Waals surface area contributed by atoms with E-state index >= 15 is 0 Å². The molecule has 0 atom stereocenters. The molecule has 4 heteroatoms. The molecule has 2 aromatic rings. The standard InChI is InChI=1S/C12H14FN3/c1-16-7-3-4-10(16)8-14-9-12-11(13)5-2-6-15-12/h2-7,14H,8-9H2,1H3. The fourth-order valence-corrected chi connectivity index (χ4v) is 1.54. The Hall–Kier alpha value is -1.68. The average Bonchev–Trinajstić information content (AvgIpc) is 2.67. The van der Waals surface area contributed by atoms with Crippen LogP contribution in [0.5, 0.6) is 0 Å². The van der Waals surface area contributed by atoms with Crippen LogP contribution in [0.3, 0.4) is 0 Å². The van der Waals surface area contributed by atoms with Crippen LogP contribution in [0.15, 0.2) is 36.7 Å². The van der Waals surface area contributed by atoms with Crippen molar-refractivity contribution < 1.29 is 4.39 Å². The van der Waals surface area contributed by atoms with E-state index in [2.05, 4.69) is 10.3 Å². The highest BCUT2D eigenvalue weighted by atomic mass is 19.1. The maximum Gasteiger partial charge on any atom is 0.146 e. The summed E-state index contributed by atoms with van der Waals surface area (Å²) < 4.78 is 15.3. The van der Waals surface area contributed by atoms with Crippen molar-refractivity contribution in [1.29, 1.82) is 0 Å². The van der Waals surface area contributed by atoms with E-state index in [1.54, 1.807) is 12.3 Å². The lowest BCUT2D eigenvalue weighted by Gasteiger charge is -2.06. The minimum Gasteiger partial charge on any atom is -0.353 e. The smallest absolute Gasteiger partial charge is 0.146 e. The summed E-state index contributed by atoms with van der Waals surface area (Å²) >= 11 is 0. The summed E-state index contributed by atoms with van der Waals surface area (Å²) in [7, 11) is 1.98. The third-order valence-corrected chi connectivity index (χ3v) is 2.48. The maximum absolute atomic E-state index is 13.2. The Morgan fingerprint density at radius 2 is 2.19 bits per heavy atom. The van der Waals surface area contributed by atoms with E-state index in [0.29, 0.717) is 18.8 Å². The first-order chi connectivity index (χ1) is 7.77. The Balaban J connectivity index is 1.89. The third kappa shape index (κ3) is 2.46. The lowest BCUT2D eigenvalue weighted by molar-refractivity contribution is 0.568. The molecule has 0 amide bonds. The average molecular weight is 219 g/mol. The Bertz CT molecular complexity index is 465. The highest BCUT2D eigenvalue weighted by Gasteiger charge is 2.02. The third-order valence-electron chi connectivity index (χ3n) is 2.48. The lowest BCUT2D eigenvalue weighted by Crippen LogP contribution is -2.16. The number of nitrogens with zero attached hydrogens (tertiary/aromatic N) is 2. The monoisotopic (exact) mass is 219 g/mol. The van der Waals surface area contributed by atoms with Gasteiger partial charge in [0.15, 0.2) is 0 Å². The van der Waals surface area contributed by atoms with Crippen LogP contribution in [0.25, 0.3) is 0 Å². The zero-order valence-corrected chi connectivity index (χ0v) is 9.15. The quantitative estimate of drug-likeness (QED) is 0.850. The molecule has 0 bridgehead atoms. The topological polar surface area (TPSA) is 29.9 Å². The molecular formula is C12H14FN3. The number of aromatic nitrogens is 2.